The monoisotopic (exact) mass is 769 g/mol. The third-order valence-corrected chi connectivity index (χ3v) is 10.5. The van der Waals surface area contributed by atoms with Gasteiger partial charge in [0, 0.05) is 29.3 Å². The highest BCUT2D eigenvalue weighted by molar-refractivity contribution is 6.01. The molecular formula is C40H44F5N5O5. The molecule has 0 spiro atoms. The highest BCUT2D eigenvalue weighted by atomic mass is 19.4. The lowest BCUT2D eigenvalue weighted by molar-refractivity contribution is -0.138. The molecule has 1 aromatic heterocycles. The van der Waals surface area contributed by atoms with Gasteiger partial charge in [-0.1, -0.05) is 70.9 Å². The van der Waals surface area contributed by atoms with E-state index in [2.05, 4.69) is 26.3 Å². The van der Waals surface area contributed by atoms with E-state index in [1.807, 2.05) is 0 Å². The van der Waals surface area contributed by atoms with Crippen LogP contribution in [0.5, 0.6) is 5.75 Å². The Balaban J connectivity index is 1.51. The highest BCUT2D eigenvalue weighted by Gasteiger charge is 2.47. The number of H-pyrrole nitrogens is 1. The second kappa shape index (κ2) is 16.5. The Labute approximate surface area is 314 Å². The maximum atomic E-state index is 14.7. The quantitative estimate of drug-likeness (QED) is 0.0682. The molecule has 0 aliphatic heterocycles. The molecule has 2 unspecified atom stereocenters. The van der Waals surface area contributed by atoms with Crippen molar-refractivity contribution < 1.29 is 46.2 Å². The number of anilines is 1. The van der Waals surface area contributed by atoms with Crippen LogP contribution in [0, 0.1) is 23.5 Å². The van der Waals surface area contributed by atoms with E-state index in [4.69, 9.17) is 0 Å². The van der Waals surface area contributed by atoms with Crippen LogP contribution in [0.1, 0.15) is 69.3 Å². The number of aryl methyl sites for hydroxylation is 1. The summed E-state index contributed by atoms with van der Waals surface area (Å²) in [7, 11) is 0. The molecule has 5 atom stereocenters. The summed E-state index contributed by atoms with van der Waals surface area (Å²) >= 11 is 0. The molecule has 5 rings (SSSR count). The minimum atomic E-state index is -4.68. The van der Waals surface area contributed by atoms with Crippen LogP contribution in [0.4, 0.5) is 27.6 Å². The van der Waals surface area contributed by atoms with Gasteiger partial charge < -0.3 is 31.4 Å². The first-order valence-corrected chi connectivity index (χ1v) is 18.1. The van der Waals surface area contributed by atoms with Crippen molar-refractivity contribution in [2.75, 3.05) is 5.32 Å². The molecule has 6 N–H and O–H groups in total. The van der Waals surface area contributed by atoms with Crippen LogP contribution in [-0.2, 0) is 44.6 Å². The molecule has 0 bridgehead atoms. The summed E-state index contributed by atoms with van der Waals surface area (Å²) in [4.78, 5) is 58.7. The van der Waals surface area contributed by atoms with E-state index >= 15 is 0 Å². The maximum absolute atomic E-state index is 14.7. The van der Waals surface area contributed by atoms with Crippen molar-refractivity contribution in [1.29, 1.82) is 0 Å². The van der Waals surface area contributed by atoms with Gasteiger partial charge in [0.25, 0.3) is 0 Å². The summed E-state index contributed by atoms with van der Waals surface area (Å²) in [6.45, 7) is 7.00. The smallest absolute Gasteiger partial charge is 0.418 e. The lowest BCUT2D eigenvalue weighted by atomic mass is 9.78. The number of hydrogen-bond donors (Lipinski definition) is 6. The average molecular weight is 770 g/mol. The van der Waals surface area contributed by atoms with E-state index in [0.717, 1.165) is 18.2 Å². The summed E-state index contributed by atoms with van der Waals surface area (Å²) in [5.41, 5.74) is -1.95. The molecule has 0 saturated heterocycles. The van der Waals surface area contributed by atoms with Gasteiger partial charge in [0.05, 0.1) is 17.5 Å². The van der Waals surface area contributed by atoms with Crippen molar-refractivity contribution in [1.82, 2.24) is 20.9 Å². The van der Waals surface area contributed by atoms with Crippen molar-refractivity contribution in [2.45, 2.75) is 90.0 Å². The predicted molar refractivity (Wildman–Crippen MR) is 196 cm³/mol. The zero-order chi connectivity index (χ0) is 40.2. The van der Waals surface area contributed by atoms with Crippen molar-refractivity contribution in [3.8, 4) is 5.75 Å². The molecule has 1 aliphatic carbocycles. The minimum absolute atomic E-state index is 0.00922. The van der Waals surface area contributed by atoms with Crippen LogP contribution in [0.2, 0.25) is 0 Å². The number of phenols is 1. The first-order valence-electron chi connectivity index (χ1n) is 18.1. The number of carbonyl (C=O) groups is 4. The van der Waals surface area contributed by atoms with Gasteiger partial charge in [-0.15, -0.1) is 0 Å². The Hall–Kier alpha value is -5.47. The zero-order valence-corrected chi connectivity index (χ0v) is 30.8. The Bertz CT molecular complexity index is 2080. The van der Waals surface area contributed by atoms with Crippen molar-refractivity contribution >= 4 is 40.2 Å². The fourth-order valence-electron chi connectivity index (χ4n) is 6.91. The highest BCUT2D eigenvalue weighted by Crippen LogP contribution is 2.40. The van der Waals surface area contributed by atoms with E-state index in [1.54, 1.807) is 33.8 Å². The van der Waals surface area contributed by atoms with Crippen LogP contribution in [0.15, 0.2) is 60.7 Å². The van der Waals surface area contributed by atoms with Gasteiger partial charge in [-0.3, -0.25) is 19.2 Å². The molecule has 1 heterocycles. The number of aromatic amines is 1. The number of fused-ring (bicyclic) bond motifs is 3. The number of rotatable bonds is 13. The van der Waals surface area contributed by atoms with E-state index in [1.165, 1.54) is 36.4 Å². The molecule has 4 amide bonds. The third kappa shape index (κ3) is 8.92. The van der Waals surface area contributed by atoms with Crippen LogP contribution in [0.25, 0.3) is 10.9 Å². The Morgan fingerprint density at radius 1 is 0.873 bits per heavy atom. The molecule has 3 aromatic carbocycles. The first-order chi connectivity index (χ1) is 26.0. The number of phenolic OH excluding ortho intramolecular Hbond substituents is 1. The Kier molecular flexibility index (Phi) is 12.2. The summed E-state index contributed by atoms with van der Waals surface area (Å²) < 4.78 is 70.7. The van der Waals surface area contributed by atoms with Crippen molar-refractivity contribution in [3.05, 3.63) is 94.7 Å². The van der Waals surface area contributed by atoms with Crippen LogP contribution < -0.4 is 21.3 Å². The van der Waals surface area contributed by atoms with Gasteiger partial charge in [0.15, 0.2) is 11.6 Å². The van der Waals surface area contributed by atoms with Gasteiger partial charge in [-0.25, -0.2) is 8.78 Å². The summed E-state index contributed by atoms with van der Waals surface area (Å²) in [5.74, 6) is -6.10. The van der Waals surface area contributed by atoms with E-state index in [0.29, 0.717) is 24.1 Å². The lowest BCUT2D eigenvalue weighted by Crippen LogP contribution is -2.67. The number of nitrogens with one attached hydrogen (secondary N) is 5. The fraction of sp³-hybridized carbons (Fsp3) is 0.400. The predicted octanol–water partition coefficient (Wildman–Crippen LogP) is 6.46. The molecular weight excluding hydrogens is 725 g/mol. The van der Waals surface area contributed by atoms with Crippen molar-refractivity contribution in [3.63, 3.8) is 0 Å². The van der Waals surface area contributed by atoms with Gasteiger partial charge in [-0.2, -0.15) is 13.2 Å². The number of aromatic nitrogens is 1. The molecule has 15 heteroatoms. The number of benzene rings is 3. The number of carbonyl (C=O) groups excluding carboxylic acids is 4. The largest absolute Gasteiger partial charge is 0.505 e. The summed E-state index contributed by atoms with van der Waals surface area (Å²) in [6.07, 6.45) is -4.56. The Morgan fingerprint density at radius 2 is 1.55 bits per heavy atom. The SMILES string of the molecule is CCC(C)[C@H](NC(=O)Cc1ccccc1F)C(=O)N[C@]1(C(=O)NC(C(=O)Nc2ccc(O)c(F)c2)[C@@H](C)CC)CCc2[nH]c3c(C(F)(F)F)cccc3c2C1. The number of aromatic hydroxyl groups is 1. The van der Waals surface area contributed by atoms with Gasteiger partial charge in [0.1, 0.15) is 23.4 Å². The normalized spacial score (nSPS) is 17.7. The second-order valence-corrected chi connectivity index (χ2v) is 14.2. The molecule has 0 saturated carbocycles. The number of para-hydroxylation sites is 1. The van der Waals surface area contributed by atoms with Crippen LogP contribution >= 0.6 is 0 Å². The molecule has 4 aromatic rings. The van der Waals surface area contributed by atoms with Gasteiger partial charge in [0.2, 0.25) is 23.6 Å². The summed E-state index contributed by atoms with van der Waals surface area (Å²) in [5, 5.41) is 20.7. The molecule has 0 fully saturated rings. The Morgan fingerprint density at radius 3 is 2.18 bits per heavy atom. The summed E-state index contributed by atoms with van der Waals surface area (Å²) in [6, 6.07) is 10.2. The topological polar surface area (TPSA) is 152 Å². The zero-order valence-electron chi connectivity index (χ0n) is 30.8. The fourth-order valence-corrected chi connectivity index (χ4v) is 6.91. The first kappa shape index (κ1) is 40.7. The van der Waals surface area contributed by atoms with E-state index in [-0.39, 0.29) is 47.8 Å². The molecule has 10 nitrogen and oxygen atoms in total. The number of alkyl halides is 3. The average Bonchev–Trinajstić information content (AvgIpc) is 3.51. The lowest BCUT2D eigenvalue weighted by Gasteiger charge is -2.39. The van der Waals surface area contributed by atoms with Crippen LogP contribution in [0.3, 0.4) is 0 Å². The minimum Gasteiger partial charge on any atom is -0.505 e. The number of hydrogen-bond acceptors (Lipinski definition) is 5. The molecule has 0 radical (unpaired) electrons. The number of amides is 4. The second-order valence-electron chi connectivity index (χ2n) is 14.2. The van der Waals surface area contributed by atoms with Gasteiger partial charge >= 0.3 is 6.18 Å². The maximum Gasteiger partial charge on any atom is 0.418 e. The van der Waals surface area contributed by atoms with Crippen LogP contribution in [-0.4, -0.2) is 51.3 Å². The molecule has 55 heavy (non-hydrogen) atoms. The van der Waals surface area contributed by atoms with Crippen molar-refractivity contribution in [2.24, 2.45) is 11.8 Å². The van der Waals surface area contributed by atoms with E-state index in [9.17, 15) is 46.2 Å². The number of halogens is 5. The van der Waals surface area contributed by atoms with Gasteiger partial charge in [-0.05, 0) is 60.1 Å². The molecule has 294 valence electrons. The third-order valence-electron chi connectivity index (χ3n) is 10.5. The molecule has 1 aliphatic rings. The standard InChI is InChI=1S/C40H44F5N5O5/c1-5-21(3)33(36(53)46-24-14-15-31(51)29(42)19-24)49-38(55)39(17-16-30-26(20-39)25-11-9-12-27(35(25)47-30)40(43,44)45)50-37(54)34(22(4)6-2)48-32(52)18-23-10-7-8-13-28(23)41/h7-15,19,21-22,33-34,47,51H,5-6,16-18,20H2,1-4H3,(H,46,53)(H,48,52)(H,49,55)(H,50,54)/t21-,22?,33?,34-,39+/m0/s1. The van der Waals surface area contributed by atoms with E-state index < -0.39 is 82.2 Å².